The number of hydrogen-bond donors (Lipinski definition) is 7. The summed E-state index contributed by atoms with van der Waals surface area (Å²) in [5.41, 5.74) is 15.0. The Morgan fingerprint density at radius 3 is 1.27 bits per heavy atom. The summed E-state index contributed by atoms with van der Waals surface area (Å²) in [7, 11) is -3.13. The first-order valence-corrected chi connectivity index (χ1v) is 45.5. The van der Waals surface area contributed by atoms with Gasteiger partial charge in [0.2, 0.25) is 11.4 Å². The second-order valence-corrected chi connectivity index (χ2v) is 33.9. The molecule has 6 atom stereocenters. The average Bonchev–Trinajstić information content (AvgIpc) is 0.797. The third-order valence-corrected chi connectivity index (χ3v) is 22.7. The lowest BCUT2D eigenvalue weighted by Gasteiger charge is -2.28. The number of carbonyl (C=O) groups excluding carboxylic acids is 5. The van der Waals surface area contributed by atoms with Crippen molar-refractivity contribution >= 4 is 80.8 Å². The average molecular weight is 2050 g/mol. The van der Waals surface area contributed by atoms with Gasteiger partial charge in [0.1, 0.15) is 57.9 Å². The van der Waals surface area contributed by atoms with Gasteiger partial charge in [-0.1, -0.05) is 157 Å². The van der Waals surface area contributed by atoms with Crippen LogP contribution in [-0.4, -0.2) is 122 Å². The number of nitrogens with one attached hydrogen (secondary N) is 1. The van der Waals surface area contributed by atoms with Gasteiger partial charge in [-0.05, 0) is 229 Å². The summed E-state index contributed by atoms with van der Waals surface area (Å²) >= 11 is 3.12. The number of nitriles is 3. The van der Waals surface area contributed by atoms with Crippen LogP contribution in [0.25, 0.3) is 4.85 Å². The van der Waals surface area contributed by atoms with Gasteiger partial charge in [-0.25, -0.2) is 62.2 Å². The minimum atomic E-state index is -3.13. The molecule has 0 aliphatic carbocycles. The number of aliphatic hydroxyl groups is 2. The highest BCUT2D eigenvalue weighted by atomic mass is 79.9. The third-order valence-electron chi connectivity index (χ3n) is 19.9. The maximum Gasteiger partial charge on any atom is 0.387 e. The molecule has 0 amide bonds. The fourth-order valence-corrected chi connectivity index (χ4v) is 13.7. The van der Waals surface area contributed by atoms with E-state index in [1.165, 1.54) is 134 Å². The summed E-state index contributed by atoms with van der Waals surface area (Å²) in [6.45, 7) is 26.0. The predicted molar refractivity (Wildman–Crippen MR) is 523 cm³/mol. The van der Waals surface area contributed by atoms with E-state index in [1.54, 1.807) is 159 Å². The summed E-state index contributed by atoms with van der Waals surface area (Å²) in [6.07, 6.45) is 0. The van der Waals surface area contributed by atoms with E-state index in [2.05, 4.69) is 35.6 Å². The second-order valence-electron chi connectivity index (χ2n) is 30.6. The number of nitro groups is 2. The van der Waals surface area contributed by atoms with E-state index in [4.69, 9.17) is 69.4 Å². The standard InChI is InChI=1S/C17H19FN2O3.C12H16FNO2.C12H12FNO2.C12H12NO2P.C11H11FN2O2.C11H10FNO2.C10H14FNO.C7H6FNO2.C6H4BrF.C5H7NO2/c1-12-6-7-15(16(8-12)20(22)23)19-10-17(2,11-21)13-4-3-5-14(18)9-13;2*1-3-16-11(15)12(2,8-14)9-5-4-6-10(13)7-9;13-15-16(14,11-7-3-1-4-8-11)12-9-5-2-6-10-12;1-2-16-10(15)11(14,7-13)8-4-3-5-9(12)6-8;1-2-15-11(14)10(7-13)8-4-3-5-9(12)6-8;1-10(6-12,7-13)8-3-2-4-9(11)5-8;1-5-2-3-6(8)7(4-5)9(10)11;7-5-2-1-3-6(8)4-5;1-3-8-5(7)4-6-2/h3-9,19,21H,10-11H2,1-2H3;4-7H,3,8,14H2,1-2H3;4-7H,3H2,1-2H3;1-10H,13H2;3-6H,2,14H2,1H3;3-6,10H,2H2,1H3;2-5,13H,6-7,12H2,1H3;2-4H,1H3;1-4H;3-4H2,1H3. The molecule has 0 radical (unpaired) electrons. The molecule has 0 fully saturated rings. The molecule has 11 aromatic rings. The van der Waals surface area contributed by atoms with Gasteiger partial charge in [-0.2, -0.15) is 20.2 Å². The van der Waals surface area contributed by atoms with Crippen LogP contribution in [-0.2, 0) is 84.0 Å². The van der Waals surface area contributed by atoms with Gasteiger partial charge in [0.05, 0.1) is 68.2 Å². The molecule has 0 spiro atoms. The van der Waals surface area contributed by atoms with Gasteiger partial charge >= 0.3 is 42.1 Å². The molecule has 142 heavy (non-hydrogen) atoms. The quantitative estimate of drug-likeness (QED) is 0.00455. The van der Waals surface area contributed by atoms with Crippen molar-refractivity contribution in [2.45, 2.75) is 109 Å². The third kappa shape index (κ3) is 39.8. The number of carbonyl (C=O) groups is 5. The van der Waals surface area contributed by atoms with E-state index in [-0.39, 0.29) is 93.8 Å². The zero-order valence-electron chi connectivity index (χ0n) is 79.5. The van der Waals surface area contributed by atoms with Crippen LogP contribution in [0.5, 0.6) is 0 Å². The van der Waals surface area contributed by atoms with Crippen molar-refractivity contribution in [3.63, 3.8) is 0 Å². The normalized spacial score (nSPS) is 12.4. The molecule has 6 unspecified atom stereocenters. The van der Waals surface area contributed by atoms with Crippen LogP contribution in [0.4, 0.5) is 52.2 Å². The van der Waals surface area contributed by atoms with Crippen molar-refractivity contribution in [3.8, 4) is 18.2 Å². The Labute approximate surface area is 826 Å². The molecular formula is C103H111BrF8N11O18P. The number of nitrogens with two attached hydrogens (primary N) is 4. The molecule has 0 bridgehead atoms. The van der Waals surface area contributed by atoms with Crippen LogP contribution < -0.4 is 39.0 Å². The smallest absolute Gasteiger partial charge is 0.387 e. The van der Waals surface area contributed by atoms with Crippen LogP contribution in [0.15, 0.2) is 271 Å². The van der Waals surface area contributed by atoms with E-state index in [0.717, 1.165) is 33.8 Å². The van der Waals surface area contributed by atoms with E-state index >= 15 is 0 Å². The summed E-state index contributed by atoms with van der Waals surface area (Å²) < 4.78 is 145. The van der Waals surface area contributed by atoms with Crippen molar-refractivity contribution in [2.75, 3.05) is 77.7 Å². The number of hydrogen-bond acceptors (Lipinski definition) is 26. The lowest BCUT2D eigenvalue weighted by atomic mass is 9.82. The van der Waals surface area contributed by atoms with Gasteiger partial charge in [0.25, 0.3) is 13.1 Å². The summed E-state index contributed by atoms with van der Waals surface area (Å²) in [5, 5.41) is 71.1. The highest BCUT2D eigenvalue weighted by Crippen LogP contribution is 2.42. The fraction of sp³-hybridized carbons (Fsp3) is 0.272. The number of esters is 5. The molecular weight excluding hydrogens is 1940 g/mol. The Bertz CT molecular complexity index is 6000. The maximum absolute atomic E-state index is 13.4. The molecule has 11 N–H and O–H groups in total. The Morgan fingerprint density at radius 2 is 0.880 bits per heavy atom. The zero-order chi connectivity index (χ0) is 107. The summed E-state index contributed by atoms with van der Waals surface area (Å²) in [5.74, 6) is -2.51. The largest absolute Gasteiger partial charge is 0.465 e. The minimum Gasteiger partial charge on any atom is -0.465 e. The number of aryl methyl sites for hydroxylation is 2. The lowest BCUT2D eigenvalue weighted by Crippen LogP contribution is -2.44. The molecule has 0 aliphatic heterocycles. The number of aliphatic hydroxyl groups excluding tert-OH is 2. The predicted octanol–water partition coefficient (Wildman–Crippen LogP) is 18.2. The Morgan fingerprint density at radius 1 is 0.486 bits per heavy atom. The second kappa shape index (κ2) is 63.0. The first-order valence-electron chi connectivity index (χ1n) is 43.0. The van der Waals surface area contributed by atoms with Gasteiger partial charge in [-0.3, -0.25) is 34.4 Å². The number of rotatable bonds is 28. The van der Waals surface area contributed by atoms with Crippen molar-refractivity contribution in [2.24, 2.45) is 23.1 Å². The Kier molecular flexibility index (Phi) is 54.7. The molecule has 0 heterocycles. The van der Waals surface area contributed by atoms with E-state index in [1.807, 2.05) is 49.4 Å². The van der Waals surface area contributed by atoms with Crippen LogP contribution in [0.1, 0.15) is 113 Å². The van der Waals surface area contributed by atoms with Crippen molar-refractivity contribution in [1.82, 2.24) is 0 Å². The first-order chi connectivity index (χ1) is 67.3. The lowest BCUT2D eigenvalue weighted by molar-refractivity contribution is -0.387. The van der Waals surface area contributed by atoms with Gasteiger partial charge in [0.15, 0.2) is 11.3 Å². The highest BCUT2D eigenvalue weighted by molar-refractivity contribution is 9.10. The van der Waals surface area contributed by atoms with Crippen molar-refractivity contribution < 1.29 is 112 Å². The molecule has 754 valence electrons. The van der Waals surface area contributed by atoms with Crippen molar-refractivity contribution in [1.29, 1.82) is 15.8 Å². The molecule has 11 rings (SSSR count). The zero-order valence-corrected chi connectivity index (χ0v) is 82.0. The monoisotopic (exact) mass is 2050 g/mol. The molecule has 29 nitrogen and oxygen atoms in total. The number of nitrogens with zero attached hydrogens (tertiary/aromatic N) is 6. The van der Waals surface area contributed by atoms with Crippen LogP contribution >= 0.6 is 23.3 Å². The van der Waals surface area contributed by atoms with Crippen LogP contribution in [0.3, 0.4) is 0 Å². The molecule has 0 aliphatic rings. The number of anilines is 1. The van der Waals surface area contributed by atoms with Gasteiger partial charge < -0.3 is 61.3 Å². The van der Waals surface area contributed by atoms with Gasteiger partial charge in [-0.15, -0.1) is 0 Å². The fourth-order valence-electron chi connectivity index (χ4n) is 11.6. The first kappa shape index (κ1) is 123. The molecule has 39 heteroatoms. The van der Waals surface area contributed by atoms with E-state index in [9.17, 15) is 89.0 Å². The SMILES string of the molecule is CC(CN)(CO)c1cccc(F)c1.CCOC(=O)C(C#N)c1cccc(F)c1.CCOC(=O)C(C)(C#N)c1cccc(F)c1.CCOC(=O)C(C)(CN)c1cccc(F)c1.CCOC(=O)C(N)(C#N)c1cccc(F)c1.Cc1ccc(F)c([N+](=O)[O-])c1.Cc1ccc(NCC(C)(CO)c2cccc(F)c2)c([N+](=O)[O-])c1.Fc1cccc(Br)c1.NOP(=O)(c1ccccc1)c1ccccc1.[C-]#[N+]CC(=O)OCC. The minimum absolute atomic E-state index is 0.0236. The topological polar surface area (TPSA) is 476 Å². The molecule has 0 saturated carbocycles. The maximum atomic E-state index is 13.4. The Hall–Kier alpha value is -14.8. The molecule has 0 saturated heterocycles. The van der Waals surface area contributed by atoms with Gasteiger partial charge in [0, 0.05) is 63.2 Å². The van der Waals surface area contributed by atoms with E-state index in [0.29, 0.717) is 57.3 Å². The number of nitro benzene ring substituents is 2. The molecule has 0 aromatic heterocycles. The number of ether oxygens (including phenoxy) is 5. The highest BCUT2D eigenvalue weighted by Gasteiger charge is 2.40. The van der Waals surface area contributed by atoms with Crippen molar-refractivity contribution in [3.05, 3.63) is 394 Å². The molecule has 11 aromatic carbocycles. The van der Waals surface area contributed by atoms with E-state index < -0.39 is 109 Å². The number of benzene rings is 11. The van der Waals surface area contributed by atoms with Crippen LogP contribution in [0.2, 0.25) is 0 Å². The summed E-state index contributed by atoms with van der Waals surface area (Å²) in [6, 6.07) is 72.0. The summed E-state index contributed by atoms with van der Waals surface area (Å²) in [4.78, 5) is 79.4. The Balaban J connectivity index is 0.000000540. The number of halogens is 9. The van der Waals surface area contributed by atoms with Crippen LogP contribution in [0, 0.1) is 121 Å².